The summed E-state index contributed by atoms with van der Waals surface area (Å²) in [5.41, 5.74) is 1.34. The van der Waals surface area contributed by atoms with Gasteiger partial charge in [0.15, 0.2) is 0 Å². The maximum Gasteiger partial charge on any atom is 0.264 e. The molecule has 33 heavy (non-hydrogen) atoms. The fraction of sp³-hybridized carbons (Fsp3) is 0.240. The van der Waals surface area contributed by atoms with E-state index < -0.39 is 15.9 Å². The third-order valence-electron chi connectivity index (χ3n) is 4.73. The van der Waals surface area contributed by atoms with Crippen molar-refractivity contribution in [2.45, 2.75) is 18.4 Å². The van der Waals surface area contributed by atoms with Crippen molar-refractivity contribution < 1.29 is 22.7 Å². The Balaban J connectivity index is 1.70. The number of ether oxygens (including phenoxy) is 2. The Morgan fingerprint density at radius 1 is 0.909 bits per heavy atom. The van der Waals surface area contributed by atoms with Crippen LogP contribution in [0.5, 0.6) is 5.75 Å². The van der Waals surface area contributed by atoms with E-state index >= 15 is 0 Å². The molecule has 0 atom stereocenters. The van der Waals surface area contributed by atoms with Gasteiger partial charge in [-0.2, -0.15) is 0 Å². The van der Waals surface area contributed by atoms with Crippen LogP contribution < -0.4 is 14.4 Å². The number of benzene rings is 3. The van der Waals surface area contributed by atoms with E-state index in [4.69, 9.17) is 9.47 Å². The number of rotatable bonds is 12. The number of hydrogen-bond acceptors (Lipinski definition) is 5. The molecule has 0 saturated carbocycles. The molecule has 0 aliphatic heterocycles. The Bertz CT molecular complexity index is 1120. The minimum atomic E-state index is -4.00. The molecule has 3 aromatic rings. The van der Waals surface area contributed by atoms with Gasteiger partial charge in [0.25, 0.3) is 10.0 Å². The minimum Gasteiger partial charge on any atom is -0.492 e. The molecule has 1 amide bonds. The van der Waals surface area contributed by atoms with Crippen molar-refractivity contribution in [3.8, 4) is 5.75 Å². The lowest BCUT2D eigenvalue weighted by atomic mass is 10.2. The zero-order valence-corrected chi connectivity index (χ0v) is 19.3. The first-order valence-corrected chi connectivity index (χ1v) is 12.1. The predicted octanol–water partition coefficient (Wildman–Crippen LogP) is 3.61. The van der Waals surface area contributed by atoms with Crippen LogP contribution in [0.15, 0.2) is 89.8 Å². The zero-order chi connectivity index (χ0) is 23.5. The Kier molecular flexibility index (Phi) is 8.86. The molecule has 0 spiro atoms. The van der Waals surface area contributed by atoms with Gasteiger partial charge in [-0.25, -0.2) is 8.42 Å². The Morgan fingerprint density at radius 3 is 2.24 bits per heavy atom. The molecule has 0 radical (unpaired) electrons. The van der Waals surface area contributed by atoms with Gasteiger partial charge in [-0.1, -0.05) is 60.7 Å². The average molecular weight is 469 g/mol. The molecule has 0 fully saturated rings. The number of anilines is 1. The second-order valence-corrected chi connectivity index (χ2v) is 8.98. The van der Waals surface area contributed by atoms with Crippen LogP contribution in [0.2, 0.25) is 0 Å². The van der Waals surface area contributed by atoms with Gasteiger partial charge >= 0.3 is 0 Å². The van der Waals surface area contributed by atoms with Gasteiger partial charge in [0.2, 0.25) is 5.91 Å². The summed E-state index contributed by atoms with van der Waals surface area (Å²) >= 11 is 0. The summed E-state index contributed by atoms with van der Waals surface area (Å²) in [6.45, 7) is 2.79. The minimum absolute atomic E-state index is 0.0929. The van der Waals surface area contributed by atoms with E-state index in [1.807, 2.05) is 37.3 Å². The largest absolute Gasteiger partial charge is 0.492 e. The lowest BCUT2D eigenvalue weighted by Gasteiger charge is -2.26. The molecule has 0 saturated heterocycles. The molecule has 0 aliphatic carbocycles. The van der Waals surface area contributed by atoms with Crippen molar-refractivity contribution in [1.82, 2.24) is 5.32 Å². The van der Waals surface area contributed by atoms with Gasteiger partial charge in [-0.3, -0.25) is 9.10 Å². The zero-order valence-electron chi connectivity index (χ0n) is 18.5. The van der Waals surface area contributed by atoms with E-state index in [9.17, 15) is 13.2 Å². The van der Waals surface area contributed by atoms with Crippen molar-refractivity contribution in [1.29, 1.82) is 0 Å². The molecular formula is C25H28N2O5S. The summed E-state index contributed by atoms with van der Waals surface area (Å²) in [7, 11) is -4.00. The molecule has 7 nitrogen and oxygen atoms in total. The summed E-state index contributed by atoms with van der Waals surface area (Å²) in [5, 5.41) is 2.73. The first kappa shape index (κ1) is 24.3. The van der Waals surface area contributed by atoms with Gasteiger partial charge in [0.05, 0.1) is 30.4 Å². The van der Waals surface area contributed by atoms with Crippen LogP contribution in [0, 0.1) is 0 Å². The second-order valence-electron chi connectivity index (χ2n) is 7.11. The molecule has 0 unspecified atom stereocenters. The molecule has 174 valence electrons. The van der Waals surface area contributed by atoms with Gasteiger partial charge in [-0.15, -0.1) is 0 Å². The van der Waals surface area contributed by atoms with Crippen molar-refractivity contribution in [3.05, 3.63) is 90.5 Å². The molecule has 0 heterocycles. The SMILES string of the molecule is CCOc1ccccc1N(CC(=O)NCCOCc1ccccc1)S(=O)(=O)c1ccccc1. The third kappa shape index (κ3) is 6.81. The topological polar surface area (TPSA) is 84.9 Å². The molecule has 3 rings (SSSR count). The molecule has 1 N–H and O–H groups in total. The molecule has 0 aromatic heterocycles. The van der Waals surface area contributed by atoms with Crippen LogP contribution in [-0.2, 0) is 26.2 Å². The van der Waals surface area contributed by atoms with Crippen molar-refractivity contribution in [2.75, 3.05) is 30.6 Å². The number of hydrogen-bond donors (Lipinski definition) is 1. The van der Waals surface area contributed by atoms with E-state index in [1.54, 1.807) is 42.5 Å². The fourth-order valence-corrected chi connectivity index (χ4v) is 4.63. The fourth-order valence-electron chi connectivity index (χ4n) is 3.17. The quantitative estimate of drug-likeness (QED) is 0.411. The Hall–Kier alpha value is -3.36. The van der Waals surface area contributed by atoms with E-state index in [2.05, 4.69) is 5.32 Å². The summed E-state index contributed by atoms with van der Waals surface area (Å²) in [6.07, 6.45) is 0. The Labute approximate surface area is 195 Å². The van der Waals surface area contributed by atoms with E-state index in [-0.39, 0.29) is 18.0 Å². The van der Waals surface area contributed by atoms with Crippen LogP contribution in [0.4, 0.5) is 5.69 Å². The summed E-state index contributed by atoms with van der Waals surface area (Å²) in [6, 6.07) is 24.5. The third-order valence-corrected chi connectivity index (χ3v) is 6.51. The maximum absolute atomic E-state index is 13.4. The molecular weight excluding hydrogens is 440 g/mol. The van der Waals surface area contributed by atoms with Crippen LogP contribution in [-0.4, -0.2) is 40.6 Å². The number of sulfonamides is 1. The number of nitrogens with zero attached hydrogens (tertiary/aromatic N) is 1. The maximum atomic E-state index is 13.4. The van der Waals surface area contributed by atoms with E-state index in [1.165, 1.54) is 12.1 Å². The lowest BCUT2D eigenvalue weighted by molar-refractivity contribution is -0.119. The van der Waals surface area contributed by atoms with Crippen molar-refractivity contribution in [2.24, 2.45) is 0 Å². The Morgan fingerprint density at radius 2 is 1.55 bits per heavy atom. The van der Waals surface area contributed by atoms with Gasteiger partial charge in [0, 0.05) is 6.54 Å². The highest BCUT2D eigenvalue weighted by Gasteiger charge is 2.29. The highest BCUT2D eigenvalue weighted by molar-refractivity contribution is 7.92. The average Bonchev–Trinajstić information content (AvgIpc) is 2.84. The standard InChI is InChI=1S/C25H28N2O5S/c1-2-32-24-16-10-9-15-23(24)27(33(29,30)22-13-7-4-8-14-22)19-25(28)26-17-18-31-20-21-11-5-3-6-12-21/h3-16H,2,17-20H2,1H3,(H,26,28). The van der Waals surface area contributed by atoms with Crippen LogP contribution in [0.25, 0.3) is 0 Å². The first-order valence-electron chi connectivity index (χ1n) is 10.7. The van der Waals surface area contributed by atoms with Crippen molar-refractivity contribution >= 4 is 21.6 Å². The lowest BCUT2D eigenvalue weighted by Crippen LogP contribution is -2.41. The van der Waals surface area contributed by atoms with Crippen LogP contribution in [0.3, 0.4) is 0 Å². The summed E-state index contributed by atoms with van der Waals surface area (Å²) in [4.78, 5) is 12.8. The predicted molar refractivity (Wildman–Crippen MR) is 128 cm³/mol. The number of nitrogens with one attached hydrogen (secondary N) is 1. The molecule has 8 heteroatoms. The number of para-hydroxylation sites is 2. The van der Waals surface area contributed by atoms with Gasteiger partial charge in [0.1, 0.15) is 12.3 Å². The van der Waals surface area contributed by atoms with Gasteiger partial charge < -0.3 is 14.8 Å². The number of carbonyl (C=O) groups excluding carboxylic acids is 1. The summed E-state index contributed by atoms with van der Waals surface area (Å²) < 4.78 is 39.1. The highest BCUT2D eigenvalue weighted by Crippen LogP contribution is 2.32. The molecule has 0 bridgehead atoms. The van der Waals surface area contributed by atoms with E-state index in [0.717, 1.165) is 9.87 Å². The highest BCUT2D eigenvalue weighted by atomic mass is 32.2. The van der Waals surface area contributed by atoms with Crippen LogP contribution >= 0.6 is 0 Å². The molecule has 3 aromatic carbocycles. The second kappa shape index (κ2) is 12.0. The van der Waals surface area contributed by atoms with Crippen molar-refractivity contribution in [3.63, 3.8) is 0 Å². The number of amides is 1. The smallest absolute Gasteiger partial charge is 0.264 e. The normalized spacial score (nSPS) is 11.1. The van der Waals surface area contributed by atoms with E-state index in [0.29, 0.717) is 31.3 Å². The van der Waals surface area contributed by atoms with Gasteiger partial charge in [-0.05, 0) is 36.8 Å². The monoisotopic (exact) mass is 468 g/mol. The number of carbonyl (C=O) groups is 1. The summed E-state index contributed by atoms with van der Waals surface area (Å²) in [5.74, 6) is -0.0531. The first-order chi connectivity index (χ1) is 16.0. The van der Waals surface area contributed by atoms with Crippen LogP contribution in [0.1, 0.15) is 12.5 Å². The molecule has 0 aliphatic rings.